The average Bonchev–Trinajstić information content (AvgIpc) is 3.03. The Labute approximate surface area is 150 Å². The van der Waals surface area contributed by atoms with Gasteiger partial charge in [-0.2, -0.15) is 0 Å². The molecule has 25 heavy (non-hydrogen) atoms. The molecule has 4 rings (SSSR count). The molecule has 0 fully saturated rings. The number of halogens is 1. The number of aromatic nitrogens is 1. The van der Waals surface area contributed by atoms with Crippen LogP contribution in [0.3, 0.4) is 0 Å². The number of sulfone groups is 1. The number of aromatic amines is 1. The van der Waals surface area contributed by atoms with Gasteiger partial charge in [-0.1, -0.05) is 66.2 Å². The highest BCUT2D eigenvalue weighted by Gasteiger charge is 2.27. The molecular formula is C20H14ClNO2S. The van der Waals surface area contributed by atoms with Gasteiger partial charge in [0.25, 0.3) is 0 Å². The zero-order valence-electron chi connectivity index (χ0n) is 13.1. The van der Waals surface area contributed by atoms with Crippen LogP contribution in [0.1, 0.15) is 0 Å². The van der Waals surface area contributed by atoms with Crippen molar-refractivity contribution in [3.63, 3.8) is 0 Å². The molecule has 124 valence electrons. The predicted molar refractivity (Wildman–Crippen MR) is 101 cm³/mol. The van der Waals surface area contributed by atoms with Gasteiger partial charge in [0, 0.05) is 15.9 Å². The lowest BCUT2D eigenvalue weighted by Gasteiger charge is -2.08. The topological polar surface area (TPSA) is 49.9 Å². The quantitative estimate of drug-likeness (QED) is 0.532. The normalized spacial score (nSPS) is 11.7. The van der Waals surface area contributed by atoms with Gasteiger partial charge in [0.05, 0.1) is 10.6 Å². The predicted octanol–water partition coefficient (Wildman–Crippen LogP) is 5.32. The van der Waals surface area contributed by atoms with Crippen LogP contribution in [0.15, 0.2) is 88.7 Å². The maximum Gasteiger partial charge on any atom is 0.209 e. The van der Waals surface area contributed by atoms with Crippen LogP contribution in [0.5, 0.6) is 0 Å². The first-order valence-corrected chi connectivity index (χ1v) is 9.60. The van der Waals surface area contributed by atoms with Crippen molar-refractivity contribution in [3.05, 3.63) is 83.9 Å². The number of hydrogen-bond donors (Lipinski definition) is 1. The highest BCUT2D eigenvalue weighted by atomic mass is 35.5. The molecule has 0 aliphatic rings. The van der Waals surface area contributed by atoms with Crippen molar-refractivity contribution >= 4 is 32.3 Å². The number of nitrogens with one attached hydrogen (secondary N) is 1. The van der Waals surface area contributed by atoms with E-state index in [0.29, 0.717) is 16.1 Å². The van der Waals surface area contributed by atoms with Crippen LogP contribution in [-0.4, -0.2) is 13.4 Å². The summed E-state index contributed by atoms with van der Waals surface area (Å²) in [6.45, 7) is 0. The summed E-state index contributed by atoms with van der Waals surface area (Å²) in [5.74, 6) is 0. The van der Waals surface area contributed by atoms with Crippen LogP contribution in [0.4, 0.5) is 0 Å². The van der Waals surface area contributed by atoms with Crippen molar-refractivity contribution in [3.8, 4) is 11.3 Å². The molecule has 3 nitrogen and oxygen atoms in total. The molecule has 1 heterocycles. The second-order valence-corrected chi connectivity index (χ2v) is 8.02. The number of hydrogen-bond acceptors (Lipinski definition) is 2. The number of rotatable bonds is 3. The summed E-state index contributed by atoms with van der Waals surface area (Å²) in [6, 6.07) is 23.2. The molecule has 0 saturated heterocycles. The van der Waals surface area contributed by atoms with E-state index >= 15 is 0 Å². The van der Waals surface area contributed by atoms with Crippen molar-refractivity contribution in [1.29, 1.82) is 0 Å². The van der Waals surface area contributed by atoms with E-state index in [9.17, 15) is 8.42 Å². The summed E-state index contributed by atoms with van der Waals surface area (Å²) in [5.41, 5.74) is 2.18. The van der Waals surface area contributed by atoms with Crippen molar-refractivity contribution in [2.24, 2.45) is 0 Å². The van der Waals surface area contributed by atoms with Gasteiger partial charge in [0.2, 0.25) is 9.84 Å². The van der Waals surface area contributed by atoms with E-state index in [1.54, 1.807) is 18.2 Å². The second kappa shape index (κ2) is 6.06. The third kappa shape index (κ3) is 2.73. The van der Waals surface area contributed by atoms with Gasteiger partial charge in [0.15, 0.2) is 0 Å². The first kappa shape index (κ1) is 15.9. The van der Waals surface area contributed by atoms with E-state index in [-0.39, 0.29) is 9.79 Å². The van der Waals surface area contributed by atoms with E-state index in [2.05, 4.69) is 4.98 Å². The van der Waals surface area contributed by atoms with Crippen LogP contribution in [0, 0.1) is 0 Å². The van der Waals surface area contributed by atoms with Crippen LogP contribution < -0.4 is 0 Å². The minimum Gasteiger partial charge on any atom is -0.353 e. The lowest BCUT2D eigenvalue weighted by atomic mass is 10.1. The number of H-pyrrole nitrogens is 1. The molecule has 0 amide bonds. The summed E-state index contributed by atoms with van der Waals surface area (Å²) >= 11 is 6.02. The first-order valence-electron chi connectivity index (χ1n) is 7.74. The fourth-order valence-electron chi connectivity index (χ4n) is 2.96. The summed E-state index contributed by atoms with van der Waals surface area (Å²) in [4.78, 5) is 3.72. The second-order valence-electron chi connectivity index (χ2n) is 5.70. The highest BCUT2D eigenvalue weighted by molar-refractivity contribution is 7.91. The maximum absolute atomic E-state index is 13.4. The van der Waals surface area contributed by atoms with Crippen molar-refractivity contribution < 1.29 is 8.42 Å². The largest absolute Gasteiger partial charge is 0.353 e. The Hall–Kier alpha value is -2.56. The van der Waals surface area contributed by atoms with Gasteiger partial charge in [-0.25, -0.2) is 8.42 Å². The fourth-order valence-corrected chi connectivity index (χ4v) is 4.89. The maximum atomic E-state index is 13.4. The van der Waals surface area contributed by atoms with Gasteiger partial charge in [-0.05, 0) is 29.8 Å². The van der Waals surface area contributed by atoms with E-state index in [0.717, 1.165) is 11.1 Å². The van der Waals surface area contributed by atoms with Gasteiger partial charge >= 0.3 is 0 Å². The van der Waals surface area contributed by atoms with Crippen molar-refractivity contribution in [2.75, 3.05) is 0 Å². The molecule has 0 saturated carbocycles. The number of benzene rings is 3. The zero-order chi connectivity index (χ0) is 17.4. The monoisotopic (exact) mass is 367 g/mol. The fraction of sp³-hybridized carbons (Fsp3) is 0. The summed E-state index contributed by atoms with van der Waals surface area (Å²) in [5, 5.41) is 1.06. The number of fused-ring (bicyclic) bond motifs is 1. The Bertz CT molecular complexity index is 1160. The van der Waals surface area contributed by atoms with Crippen LogP contribution >= 0.6 is 11.6 Å². The Morgan fingerprint density at radius 1 is 0.800 bits per heavy atom. The molecule has 0 spiro atoms. The van der Waals surface area contributed by atoms with Gasteiger partial charge in [-0.3, -0.25) is 0 Å². The molecule has 0 radical (unpaired) electrons. The van der Waals surface area contributed by atoms with Crippen molar-refractivity contribution in [1.82, 2.24) is 4.98 Å². The molecular weight excluding hydrogens is 354 g/mol. The van der Waals surface area contributed by atoms with Crippen LogP contribution in [0.2, 0.25) is 5.02 Å². The molecule has 4 aromatic rings. The molecule has 1 aromatic heterocycles. The molecule has 5 heteroatoms. The Balaban J connectivity index is 2.07. The molecule has 3 aromatic carbocycles. The molecule has 0 atom stereocenters. The number of para-hydroxylation sites is 1. The van der Waals surface area contributed by atoms with Gasteiger partial charge in [-0.15, -0.1) is 0 Å². The summed E-state index contributed by atoms with van der Waals surface area (Å²) in [7, 11) is -3.74. The third-order valence-corrected chi connectivity index (χ3v) is 6.17. The zero-order valence-corrected chi connectivity index (χ0v) is 14.7. The van der Waals surface area contributed by atoms with Crippen molar-refractivity contribution in [2.45, 2.75) is 9.79 Å². The summed E-state index contributed by atoms with van der Waals surface area (Å²) < 4.78 is 26.8. The van der Waals surface area contributed by atoms with E-state index in [4.69, 9.17) is 11.6 Å². The van der Waals surface area contributed by atoms with Crippen LogP contribution in [0.25, 0.3) is 22.2 Å². The van der Waals surface area contributed by atoms with E-state index < -0.39 is 9.84 Å². The van der Waals surface area contributed by atoms with Gasteiger partial charge < -0.3 is 4.98 Å². The minimum absolute atomic E-state index is 0.182. The van der Waals surface area contributed by atoms with E-state index in [1.165, 1.54) is 6.07 Å². The smallest absolute Gasteiger partial charge is 0.209 e. The minimum atomic E-state index is -3.74. The Kier molecular flexibility index (Phi) is 3.86. The molecule has 0 unspecified atom stereocenters. The summed E-state index contributed by atoms with van der Waals surface area (Å²) in [6.07, 6.45) is 0. The average molecular weight is 368 g/mol. The standard InChI is InChI=1S/C20H14ClNO2S/c21-15-9-6-10-16(13-15)25(23,24)20-17-11-4-5-12-18(17)22-19(20)14-7-2-1-3-8-14/h1-13,22H. The van der Waals surface area contributed by atoms with E-state index in [1.807, 2.05) is 54.6 Å². The van der Waals surface area contributed by atoms with Crippen LogP contribution in [-0.2, 0) is 9.84 Å². The molecule has 0 aliphatic heterocycles. The highest BCUT2D eigenvalue weighted by Crippen LogP contribution is 2.37. The van der Waals surface area contributed by atoms with Gasteiger partial charge in [0.1, 0.15) is 4.90 Å². The molecule has 1 N–H and O–H groups in total. The lowest BCUT2D eigenvalue weighted by Crippen LogP contribution is -2.03. The first-order chi connectivity index (χ1) is 12.1. The Morgan fingerprint density at radius 3 is 2.28 bits per heavy atom. The molecule has 0 aliphatic carbocycles. The SMILES string of the molecule is O=S(=O)(c1cccc(Cl)c1)c1c(-c2ccccc2)[nH]c2ccccc12. The lowest BCUT2D eigenvalue weighted by molar-refractivity contribution is 0.597. The Morgan fingerprint density at radius 2 is 1.52 bits per heavy atom. The molecule has 0 bridgehead atoms. The third-order valence-electron chi connectivity index (χ3n) is 4.10.